The van der Waals surface area contributed by atoms with E-state index in [1.807, 2.05) is 18.0 Å². The molecule has 1 aliphatic heterocycles. The predicted octanol–water partition coefficient (Wildman–Crippen LogP) is 3.69. The van der Waals surface area contributed by atoms with Crippen LogP contribution in [-0.2, 0) is 6.54 Å². The van der Waals surface area contributed by atoms with E-state index >= 15 is 0 Å². The van der Waals surface area contributed by atoms with Gasteiger partial charge < -0.3 is 10.6 Å². The average molecular weight is 380 g/mol. The number of likely N-dealkylation sites (tertiary alicyclic amines) is 1. The van der Waals surface area contributed by atoms with Gasteiger partial charge in [-0.1, -0.05) is 41.9 Å². The lowest BCUT2D eigenvalue weighted by Crippen LogP contribution is -2.39. The summed E-state index contributed by atoms with van der Waals surface area (Å²) in [5.41, 5.74) is 8.07. The van der Waals surface area contributed by atoms with Crippen LogP contribution in [0.15, 0.2) is 48.5 Å². The van der Waals surface area contributed by atoms with E-state index in [9.17, 15) is 4.79 Å². The highest BCUT2D eigenvalue weighted by atomic mass is 35.5. The number of nitrogens with two attached hydrogens (primary N) is 1. The molecule has 0 spiro atoms. The van der Waals surface area contributed by atoms with Gasteiger partial charge in [0, 0.05) is 38.4 Å². The molecule has 0 saturated carbocycles. The Bertz CT molecular complexity index is 724. The molecule has 2 aromatic carbocycles. The smallest absolute Gasteiger partial charge is 0.255 e. The molecule has 134 valence electrons. The van der Waals surface area contributed by atoms with Crippen LogP contribution in [0.4, 0.5) is 5.69 Å². The first kappa shape index (κ1) is 19.6. The summed E-state index contributed by atoms with van der Waals surface area (Å²) < 4.78 is 0. The summed E-state index contributed by atoms with van der Waals surface area (Å²) in [5, 5.41) is 0.408. The Kier molecular flexibility index (Phi) is 6.71. The number of benzene rings is 2. The van der Waals surface area contributed by atoms with Crippen LogP contribution < -0.4 is 5.73 Å². The largest absolute Gasteiger partial charge is 0.399 e. The average Bonchev–Trinajstić information content (AvgIpc) is 3.03. The summed E-state index contributed by atoms with van der Waals surface area (Å²) >= 11 is 6.17. The van der Waals surface area contributed by atoms with Crippen molar-refractivity contribution in [3.05, 3.63) is 64.7 Å². The minimum Gasteiger partial charge on any atom is -0.399 e. The minimum atomic E-state index is -0.0495. The second-order valence-electron chi connectivity index (χ2n) is 6.32. The first-order valence-electron chi connectivity index (χ1n) is 8.13. The Hall–Kier alpha value is -1.75. The van der Waals surface area contributed by atoms with E-state index < -0.39 is 0 Å². The van der Waals surface area contributed by atoms with Crippen molar-refractivity contribution in [3.8, 4) is 0 Å². The standard InChI is InChI=1S/C19H22ClN3O.ClH/c1-22(19(24)17-8-7-15(21)11-18(17)20)16-9-10-23(13-16)12-14-5-3-2-4-6-14;/h2-8,11,16H,9-10,12-13,21H2,1H3;1H. The van der Waals surface area contributed by atoms with Crippen LogP contribution in [0, 0.1) is 0 Å². The topological polar surface area (TPSA) is 49.6 Å². The zero-order valence-corrected chi connectivity index (χ0v) is 15.8. The minimum absolute atomic E-state index is 0. The molecule has 1 amide bonds. The van der Waals surface area contributed by atoms with Crippen molar-refractivity contribution in [3.63, 3.8) is 0 Å². The van der Waals surface area contributed by atoms with E-state index in [-0.39, 0.29) is 24.4 Å². The van der Waals surface area contributed by atoms with Crippen LogP contribution in [0.5, 0.6) is 0 Å². The number of carbonyl (C=O) groups is 1. The van der Waals surface area contributed by atoms with Crippen molar-refractivity contribution in [1.29, 1.82) is 0 Å². The van der Waals surface area contributed by atoms with E-state index in [2.05, 4.69) is 29.2 Å². The Morgan fingerprint density at radius 1 is 1.28 bits per heavy atom. The number of halogens is 2. The molecule has 4 nitrogen and oxygen atoms in total. The third-order valence-corrected chi connectivity index (χ3v) is 4.90. The molecule has 0 aromatic heterocycles. The van der Waals surface area contributed by atoms with Crippen LogP contribution in [-0.4, -0.2) is 41.9 Å². The fourth-order valence-electron chi connectivity index (χ4n) is 3.17. The number of amides is 1. The number of carbonyl (C=O) groups excluding carboxylic acids is 1. The summed E-state index contributed by atoms with van der Waals surface area (Å²) in [5.74, 6) is -0.0495. The monoisotopic (exact) mass is 379 g/mol. The van der Waals surface area contributed by atoms with Gasteiger partial charge in [0.2, 0.25) is 0 Å². The maximum atomic E-state index is 12.7. The molecule has 0 aliphatic carbocycles. The third kappa shape index (κ3) is 4.66. The van der Waals surface area contributed by atoms with Gasteiger partial charge >= 0.3 is 0 Å². The van der Waals surface area contributed by atoms with Crippen LogP contribution in [0.1, 0.15) is 22.3 Å². The van der Waals surface area contributed by atoms with Crippen molar-refractivity contribution >= 4 is 35.6 Å². The quantitative estimate of drug-likeness (QED) is 0.824. The number of likely N-dealkylation sites (N-methyl/N-ethyl adjacent to an activating group) is 1. The van der Waals surface area contributed by atoms with E-state index in [0.717, 1.165) is 26.1 Å². The van der Waals surface area contributed by atoms with Gasteiger partial charge in [-0.15, -0.1) is 12.4 Å². The molecule has 1 heterocycles. The fourth-order valence-corrected chi connectivity index (χ4v) is 3.44. The summed E-state index contributed by atoms with van der Waals surface area (Å²) in [6.07, 6.45) is 0.974. The van der Waals surface area contributed by atoms with Crippen LogP contribution in [0.25, 0.3) is 0 Å². The SMILES string of the molecule is CN(C(=O)c1ccc(N)cc1Cl)C1CCN(Cc2ccccc2)C1.Cl. The van der Waals surface area contributed by atoms with Crippen molar-refractivity contribution < 1.29 is 4.79 Å². The molecule has 1 unspecified atom stereocenters. The van der Waals surface area contributed by atoms with E-state index in [0.29, 0.717) is 16.3 Å². The van der Waals surface area contributed by atoms with Crippen LogP contribution in [0.3, 0.4) is 0 Å². The highest BCUT2D eigenvalue weighted by Gasteiger charge is 2.29. The molecule has 3 rings (SSSR count). The van der Waals surface area contributed by atoms with E-state index in [4.69, 9.17) is 17.3 Å². The zero-order valence-electron chi connectivity index (χ0n) is 14.2. The highest BCUT2D eigenvalue weighted by molar-refractivity contribution is 6.34. The number of hydrogen-bond acceptors (Lipinski definition) is 3. The lowest BCUT2D eigenvalue weighted by Gasteiger charge is -2.25. The normalized spacial score (nSPS) is 17.1. The fraction of sp³-hybridized carbons (Fsp3) is 0.316. The van der Waals surface area contributed by atoms with Gasteiger partial charge in [-0.05, 0) is 30.2 Å². The summed E-state index contributed by atoms with van der Waals surface area (Å²) in [4.78, 5) is 16.9. The molecule has 1 fully saturated rings. The van der Waals surface area contributed by atoms with Gasteiger partial charge in [0.15, 0.2) is 0 Å². The summed E-state index contributed by atoms with van der Waals surface area (Å²) in [7, 11) is 1.85. The Labute approximate surface area is 160 Å². The molecule has 6 heteroatoms. The molecule has 1 aliphatic rings. The molecular weight excluding hydrogens is 357 g/mol. The van der Waals surface area contributed by atoms with Gasteiger partial charge in [-0.2, -0.15) is 0 Å². The Morgan fingerprint density at radius 2 is 2.00 bits per heavy atom. The number of nitrogens with zero attached hydrogens (tertiary/aromatic N) is 2. The molecule has 1 saturated heterocycles. The first-order valence-corrected chi connectivity index (χ1v) is 8.51. The van der Waals surface area contributed by atoms with E-state index in [1.54, 1.807) is 18.2 Å². The zero-order chi connectivity index (χ0) is 17.1. The summed E-state index contributed by atoms with van der Waals surface area (Å²) in [6, 6.07) is 15.7. The van der Waals surface area contributed by atoms with Gasteiger partial charge in [0.25, 0.3) is 5.91 Å². The maximum Gasteiger partial charge on any atom is 0.255 e. The molecule has 2 aromatic rings. The van der Waals surface area contributed by atoms with Crippen LogP contribution >= 0.6 is 24.0 Å². The van der Waals surface area contributed by atoms with Gasteiger partial charge in [-0.3, -0.25) is 9.69 Å². The second kappa shape index (κ2) is 8.56. The molecular formula is C19H23Cl2N3O. The Balaban J connectivity index is 0.00000225. The first-order chi connectivity index (χ1) is 11.5. The van der Waals surface area contributed by atoms with E-state index in [1.165, 1.54) is 5.56 Å². The predicted molar refractivity (Wildman–Crippen MR) is 105 cm³/mol. The van der Waals surface area contributed by atoms with Crippen LogP contribution in [0.2, 0.25) is 5.02 Å². The number of hydrogen-bond donors (Lipinski definition) is 1. The highest BCUT2D eigenvalue weighted by Crippen LogP contribution is 2.23. The lowest BCUT2D eigenvalue weighted by atomic mass is 10.1. The number of nitrogen functional groups attached to an aromatic ring is 1. The lowest BCUT2D eigenvalue weighted by molar-refractivity contribution is 0.0735. The second-order valence-corrected chi connectivity index (χ2v) is 6.73. The summed E-state index contributed by atoms with van der Waals surface area (Å²) in [6.45, 7) is 2.79. The molecule has 0 radical (unpaired) electrons. The molecule has 1 atom stereocenters. The molecule has 25 heavy (non-hydrogen) atoms. The van der Waals surface area contributed by atoms with Crippen molar-refractivity contribution in [1.82, 2.24) is 9.80 Å². The third-order valence-electron chi connectivity index (χ3n) is 4.59. The molecule has 0 bridgehead atoms. The van der Waals surface area contributed by atoms with Crippen molar-refractivity contribution in [2.75, 3.05) is 25.9 Å². The number of rotatable bonds is 4. The van der Waals surface area contributed by atoms with Crippen molar-refractivity contribution in [2.45, 2.75) is 19.0 Å². The van der Waals surface area contributed by atoms with Gasteiger partial charge in [-0.25, -0.2) is 0 Å². The number of anilines is 1. The Morgan fingerprint density at radius 3 is 2.68 bits per heavy atom. The van der Waals surface area contributed by atoms with Gasteiger partial charge in [0.1, 0.15) is 0 Å². The van der Waals surface area contributed by atoms with Gasteiger partial charge in [0.05, 0.1) is 10.6 Å². The van der Waals surface area contributed by atoms with Crippen molar-refractivity contribution in [2.24, 2.45) is 0 Å². The maximum absolute atomic E-state index is 12.7. The molecule has 2 N–H and O–H groups in total.